The molecule has 1 aliphatic carbocycles. The first-order chi connectivity index (χ1) is 7.85. The lowest BCUT2D eigenvalue weighted by molar-refractivity contribution is 0.900. The van der Waals surface area contributed by atoms with Gasteiger partial charge in [-0.15, -0.1) is 0 Å². The van der Waals surface area contributed by atoms with Crippen molar-refractivity contribution in [3.05, 3.63) is 67.0 Å². The molecule has 0 bridgehead atoms. The molecule has 16 heavy (non-hydrogen) atoms. The van der Waals surface area contributed by atoms with E-state index in [1.807, 2.05) is 0 Å². The zero-order valence-electron chi connectivity index (χ0n) is 9.00. The van der Waals surface area contributed by atoms with Crippen LogP contribution in [0.5, 0.6) is 0 Å². The van der Waals surface area contributed by atoms with Gasteiger partial charge in [-0.2, -0.15) is 25.3 Å². The normalized spacial score (nSPS) is 17.2. The standard InChI is InChI=1S/C14H15S2/c15-9-14(10-16)13-7-5-12(6-8-13)11-3-1-2-4-11/h1-8,14-16H,9-10H2. The molecule has 2 heteroatoms. The Hall–Kier alpha value is -0.0800. The summed E-state index contributed by atoms with van der Waals surface area (Å²) in [7, 11) is 0. The smallest absolute Gasteiger partial charge is 0.0124 e. The fourth-order valence-electron chi connectivity index (χ4n) is 1.78. The summed E-state index contributed by atoms with van der Waals surface area (Å²) in [6, 6.07) is 8.70. The maximum Gasteiger partial charge on any atom is 0.0124 e. The van der Waals surface area contributed by atoms with Gasteiger partial charge in [0.2, 0.25) is 0 Å². The van der Waals surface area contributed by atoms with Crippen LogP contribution in [-0.2, 0) is 0 Å². The van der Waals surface area contributed by atoms with E-state index in [4.69, 9.17) is 0 Å². The van der Waals surface area contributed by atoms with Crippen LogP contribution in [0.4, 0.5) is 0 Å². The largest absolute Gasteiger partial charge is 0.179 e. The molecular formula is C14H15S2. The fourth-order valence-corrected chi connectivity index (χ4v) is 2.67. The number of thiol groups is 2. The van der Waals surface area contributed by atoms with Gasteiger partial charge in [-0.05, 0) is 48.3 Å². The van der Waals surface area contributed by atoms with Crippen molar-refractivity contribution in [1.29, 1.82) is 0 Å². The van der Waals surface area contributed by atoms with Crippen molar-refractivity contribution in [3.63, 3.8) is 0 Å². The zero-order chi connectivity index (χ0) is 11.4. The molecule has 0 amide bonds. The summed E-state index contributed by atoms with van der Waals surface area (Å²) in [4.78, 5) is 0. The molecule has 0 aliphatic heterocycles. The zero-order valence-corrected chi connectivity index (χ0v) is 10.8. The lowest BCUT2D eigenvalue weighted by Gasteiger charge is -2.14. The van der Waals surface area contributed by atoms with Gasteiger partial charge in [0.25, 0.3) is 0 Å². The molecule has 1 fully saturated rings. The van der Waals surface area contributed by atoms with E-state index in [2.05, 4.69) is 75.2 Å². The maximum absolute atomic E-state index is 4.34. The van der Waals surface area contributed by atoms with Crippen molar-refractivity contribution in [2.75, 3.05) is 11.5 Å². The van der Waals surface area contributed by atoms with Crippen LogP contribution in [0.1, 0.15) is 17.0 Å². The first-order valence-electron chi connectivity index (χ1n) is 5.39. The van der Waals surface area contributed by atoms with Gasteiger partial charge in [-0.1, -0.05) is 24.3 Å². The van der Waals surface area contributed by atoms with Crippen LogP contribution in [0.2, 0.25) is 0 Å². The van der Waals surface area contributed by atoms with Crippen molar-refractivity contribution in [2.24, 2.45) is 0 Å². The number of hydrogen-bond donors (Lipinski definition) is 2. The molecule has 1 saturated carbocycles. The van der Waals surface area contributed by atoms with Crippen LogP contribution in [0.3, 0.4) is 0 Å². The van der Waals surface area contributed by atoms with Crippen LogP contribution in [0.15, 0.2) is 24.3 Å². The quantitative estimate of drug-likeness (QED) is 0.749. The highest BCUT2D eigenvalue weighted by Crippen LogP contribution is 2.31. The molecule has 0 heterocycles. The van der Waals surface area contributed by atoms with Crippen molar-refractivity contribution in [1.82, 2.24) is 0 Å². The van der Waals surface area contributed by atoms with Crippen LogP contribution >= 0.6 is 25.3 Å². The highest BCUT2D eigenvalue weighted by atomic mass is 32.1. The third kappa shape index (κ3) is 2.78. The van der Waals surface area contributed by atoms with E-state index < -0.39 is 0 Å². The summed E-state index contributed by atoms with van der Waals surface area (Å²) in [6.45, 7) is 0. The molecule has 0 spiro atoms. The molecule has 1 aromatic carbocycles. The van der Waals surface area contributed by atoms with E-state index in [0.717, 1.165) is 11.5 Å². The predicted molar refractivity (Wildman–Crippen MR) is 76.4 cm³/mol. The summed E-state index contributed by atoms with van der Waals surface area (Å²) in [6.07, 6.45) is 8.38. The molecule has 0 aromatic heterocycles. The second-order valence-electron chi connectivity index (χ2n) is 3.86. The van der Waals surface area contributed by atoms with Gasteiger partial charge >= 0.3 is 0 Å². The minimum absolute atomic E-state index is 0.445. The molecule has 0 atom stereocenters. The minimum atomic E-state index is 0.445. The summed E-state index contributed by atoms with van der Waals surface area (Å²) in [5.74, 6) is 3.42. The first-order valence-corrected chi connectivity index (χ1v) is 6.65. The number of benzene rings is 1. The molecule has 0 saturated heterocycles. The topological polar surface area (TPSA) is 0 Å². The fraction of sp³-hybridized carbons (Fsp3) is 0.214. The average molecular weight is 247 g/mol. The third-order valence-corrected chi connectivity index (χ3v) is 3.70. The molecule has 0 unspecified atom stereocenters. The lowest BCUT2D eigenvalue weighted by Crippen LogP contribution is -2.03. The van der Waals surface area contributed by atoms with Gasteiger partial charge in [0.05, 0.1) is 0 Å². The van der Waals surface area contributed by atoms with Crippen molar-refractivity contribution >= 4 is 25.3 Å². The molecule has 0 nitrogen and oxygen atoms in total. The van der Waals surface area contributed by atoms with E-state index in [9.17, 15) is 0 Å². The van der Waals surface area contributed by atoms with E-state index >= 15 is 0 Å². The monoisotopic (exact) mass is 247 g/mol. The Morgan fingerprint density at radius 1 is 0.875 bits per heavy atom. The van der Waals surface area contributed by atoms with Crippen LogP contribution in [-0.4, -0.2) is 11.5 Å². The molecule has 83 valence electrons. The Bertz CT molecular complexity index is 287. The first kappa shape index (κ1) is 12.4. The predicted octanol–water partition coefficient (Wildman–Crippen LogP) is 3.38. The second kappa shape index (κ2) is 6.02. The highest BCUT2D eigenvalue weighted by molar-refractivity contribution is 7.81. The van der Waals surface area contributed by atoms with Crippen molar-refractivity contribution in [3.8, 4) is 0 Å². The van der Waals surface area contributed by atoms with Crippen LogP contribution in [0.25, 0.3) is 0 Å². The van der Waals surface area contributed by atoms with Crippen molar-refractivity contribution in [2.45, 2.75) is 5.92 Å². The van der Waals surface area contributed by atoms with Crippen LogP contribution < -0.4 is 0 Å². The Morgan fingerprint density at radius 2 is 1.44 bits per heavy atom. The molecule has 1 aliphatic rings. The van der Waals surface area contributed by atoms with Gasteiger partial charge in [0.15, 0.2) is 0 Å². The SMILES string of the molecule is SCC(CS)c1ccc([C]2[CH][CH][CH][CH]2)cc1. The van der Waals surface area contributed by atoms with Gasteiger partial charge in [0, 0.05) is 11.8 Å². The van der Waals surface area contributed by atoms with Gasteiger partial charge < -0.3 is 0 Å². The third-order valence-electron chi connectivity index (χ3n) is 2.82. The van der Waals surface area contributed by atoms with E-state index in [1.165, 1.54) is 17.0 Å². The van der Waals surface area contributed by atoms with Gasteiger partial charge in [-0.25, -0.2) is 0 Å². The van der Waals surface area contributed by atoms with E-state index in [0.29, 0.717) is 5.92 Å². The Morgan fingerprint density at radius 3 is 1.94 bits per heavy atom. The minimum Gasteiger partial charge on any atom is -0.179 e. The Balaban J connectivity index is 2.09. The summed E-state index contributed by atoms with van der Waals surface area (Å²) >= 11 is 8.69. The molecule has 2 rings (SSSR count). The van der Waals surface area contributed by atoms with Crippen molar-refractivity contribution < 1.29 is 0 Å². The summed E-state index contributed by atoms with van der Waals surface area (Å²) in [5.41, 5.74) is 2.59. The molecule has 5 radical (unpaired) electrons. The number of hydrogen-bond acceptors (Lipinski definition) is 2. The number of rotatable bonds is 4. The average Bonchev–Trinajstić information content (AvgIpc) is 2.85. The molecular weight excluding hydrogens is 232 g/mol. The second-order valence-corrected chi connectivity index (χ2v) is 4.59. The molecule has 0 N–H and O–H groups in total. The Labute approximate surface area is 110 Å². The van der Waals surface area contributed by atoms with E-state index in [1.54, 1.807) is 0 Å². The maximum atomic E-state index is 4.34. The van der Waals surface area contributed by atoms with E-state index in [-0.39, 0.29) is 0 Å². The van der Waals surface area contributed by atoms with Gasteiger partial charge in [-0.3, -0.25) is 0 Å². The lowest BCUT2D eigenvalue weighted by atomic mass is 9.94. The molecule has 1 aromatic rings. The van der Waals surface area contributed by atoms with Crippen LogP contribution in [0, 0.1) is 31.6 Å². The summed E-state index contributed by atoms with van der Waals surface area (Å²) in [5, 5.41) is 0. The van der Waals surface area contributed by atoms with Gasteiger partial charge in [0.1, 0.15) is 0 Å². The highest BCUT2D eigenvalue weighted by Gasteiger charge is 2.18. The Kier molecular flexibility index (Phi) is 4.66. The summed E-state index contributed by atoms with van der Waals surface area (Å²) < 4.78 is 0.